The Morgan fingerprint density at radius 3 is 2.71 bits per heavy atom. The number of ether oxygens (including phenoxy) is 1. The van der Waals surface area contributed by atoms with Gasteiger partial charge in [-0.05, 0) is 11.6 Å². The van der Waals surface area contributed by atoms with Gasteiger partial charge in [-0.1, -0.05) is 18.2 Å². The molecule has 0 bridgehead atoms. The Bertz CT molecular complexity index is 571. The molecule has 1 atom stereocenters. The first-order valence-corrected chi connectivity index (χ1v) is 6.79. The largest absolute Gasteiger partial charge is 0.452 e. The molecule has 1 heterocycles. The first-order valence-electron chi connectivity index (χ1n) is 6.79. The van der Waals surface area contributed by atoms with Crippen molar-refractivity contribution in [3.8, 4) is 0 Å². The van der Waals surface area contributed by atoms with E-state index < -0.39 is 12.1 Å². The molecule has 1 aliphatic rings. The van der Waals surface area contributed by atoms with E-state index in [4.69, 9.17) is 4.74 Å². The maximum Gasteiger partial charge on any atom is 0.303 e. The van der Waals surface area contributed by atoms with Crippen LogP contribution in [0, 0.1) is 0 Å². The molecule has 1 aromatic carbocycles. The lowest BCUT2D eigenvalue weighted by atomic mass is 10.1. The molecule has 0 aliphatic carbocycles. The van der Waals surface area contributed by atoms with E-state index in [9.17, 15) is 14.4 Å². The van der Waals surface area contributed by atoms with E-state index in [1.807, 2.05) is 18.2 Å². The maximum atomic E-state index is 12.1. The summed E-state index contributed by atoms with van der Waals surface area (Å²) in [6.45, 7) is 3.65. The van der Waals surface area contributed by atoms with Crippen molar-refractivity contribution in [1.29, 1.82) is 0 Å². The van der Waals surface area contributed by atoms with Crippen molar-refractivity contribution in [3.63, 3.8) is 0 Å². The van der Waals surface area contributed by atoms with E-state index in [0.717, 1.165) is 5.56 Å². The van der Waals surface area contributed by atoms with E-state index in [2.05, 4.69) is 5.32 Å². The number of nitrogens with zero attached hydrogens (tertiary/aromatic N) is 1. The second kappa shape index (κ2) is 6.39. The summed E-state index contributed by atoms with van der Waals surface area (Å²) in [6, 6.07) is 7.32. The molecule has 0 spiro atoms. The fraction of sp³-hybridized carbons (Fsp3) is 0.400. The van der Waals surface area contributed by atoms with Crippen LogP contribution in [-0.4, -0.2) is 35.3 Å². The third kappa shape index (κ3) is 3.81. The van der Waals surface area contributed by atoms with Crippen LogP contribution in [-0.2, 0) is 25.7 Å². The zero-order valence-electron chi connectivity index (χ0n) is 12.1. The van der Waals surface area contributed by atoms with Crippen LogP contribution < -0.4 is 5.32 Å². The van der Waals surface area contributed by atoms with Gasteiger partial charge >= 0.3 is 5.97 Å². The Morgan fingerprint density at radius 1 is 1.33 bits per heavy atom. The molecule has 1 saturated heterocycles. The summed E-state index contributed by atoms with van der Waals surface area (Å²) >= 11 is 0. The van der Waals surface area contributed by atoms with Gasteiger partial charge in [0.15, 0.2) is 6.10 Å². The van der Waals surface area contributed by atoms with Crippen molar-refractivity contribution in [2.24, 2.45) is 0 Å². The number of nitrogens with one attached hydrogen (secondary N) is 1. The third-order valence-corrected chi connectivity index (χ3v) is 3.25. The molecule has 0 aromatic heterocycles. The van der Waals surface area contributed by atoms with Gasteiger partial charge in [0.1, 0.15) is 0 Å². The number of hydrogen-bond acceptors (Lipinski definition) is 4. The second-order valence-corrected chi connectivity index (χ2v) is 4.98. The van der Waals surface area contributed by atoms with Crippen molar-refractivity contribution in [1.82, 2.24) is 4.90 Å². The van der Waals surface area contributed by atoms with Crippen LogP contribution in [0.25, 0.3) is 0 Å². The summed E-state index contributed by atoms with van der Waals surface area (Å²) in [5.74, 6) is -0.801. The van der Waals surface area contributed by atoms with Gasteiger partial charge in [0.2, 0.25) is 5.91 Å². The standard InChI is InChI=1S/C15H18N2O4/c1-10(18)16-13-6-4-3-5-12(13)9-17-8-7-14(15(17)20)21-11(2)19/h3-6,14H,7-9H2,1-2H3,(H,16,18). The van der Waals surface area contributed by atoms with Crippen molar-refractivity contribution >= 4 is 23.5 Å². The summed E-state index contributed by atoms with van der Waals surface area (Å²) in [6.07, 6.45) is -0.184. The van der Waals surface area contributed by atoms with E-state index in [1.165, 1.54) is 13.8 Å². The third-order valence-electron chi connectivity index (χ3n) is 3.25. The van der Waals surface area contributed by atoms with Crippen LogP contribution in [0.5, 0.6) is 0 Å². The fourth-order valence-corrected chi connectivity index (χ4v) is 2.35. The molecule has 1 fully saturated rings. The van der Waals surface area contributed by atoms with Gasteiger partial charge in [-0.15, -0.1) is 0 Å². The number of rotatable bonds is 4. The van der Waals surface area contributed by atoms with Gasteiger partial charge in [-0.2, -0.15) is 0 Å². The molecule has 2 amide bonds. The number of benzene rings is 1. The molecule has 0 saturated carbocycles. The molecular formula is C15H18N2O4. The van der Waals surface area contributed by atoms with E-state index >= 15 is 0 Å². The van der Waals surface area contributed by atoms with Crippen LogP contribution in [0.4, 0.5) is 5.69 Å². The monoisotopic (exact) mass is 290 g/mol. The SMILES string of the molecule is CC(=O)Nc1ccccc1CN1CCC(OC(C)=O)C1=O. The number of carbonyl (C=O) groups excluding carboxylic acids is 3. The molecule has 0 radical (unpaired) electrons. The highest BCUT2D eigenvalue weighted by atomic mass is 16.5. The van der Waals surface area contributed by atoms with E-state index in [0.29, 0.717) is 25.2 Å². The van der Waals surface area contributed by atoms with E-state index in [1.54, 1.807) is 11.0 Å². The average molecular weight is 290 g/mol. The Kier molecular flexibility index (Phi) is 4.57. The summed E-state index contributed by atoms with van der Waals surface area (Å²) in [7, 11) is 0. The lowest BCUT2D eigenvalue weighted by Crippen LogP contribution is -2.31. The van der Waals surface area contributed by atoms with Crippen molar-refractivity contribution in [2.45, 2.75) is 32.9 Å². The van der Waals surface area contributed by atoms with Crippen LogP contribution >= 0.6 is 0 Å². The normalized spacial score (nSPS) is 17.7. The average Bonchev–Trinajstić information content (AvgIpc) is 2.73. The van der Waals surface area contributed by atoms with Gasteiger partial charge in [-0.25, -0.2) is 0 Å². The molecular weight excluding hydrogens is 272 g/mol. The fourth-order valence-electron chi connectivity index (χ4n) is 2.35. The predicted molar refractivity (Wildman–Crippen MR) is 76.3 cm³/mol. The Morgan fingerprint density at radius 2 is 2.05 bits per heavy atom. The smallest absolute Gasteiger partial charge is 0.303 e. The molecule has 6 nitrogen and oxygen atoms in total. The summed E-state index contributed by atoms with van der Waals surface area (Å²) in [5, 5.41) is 2.74. The second-order valence-electron chi connectivity index (χ2n) is 4.98. The molecule has 1 unspecified atom stereocenters. The molecule has 1 aliphatic heterocycles. The number of anilines is 1. The zero-order chi connectivity index (χ0) is 15.4. The number of hydrogen-bond donors (Lipinski definition) is 1. The molecule has 1 aromatic rings. The van der Waals surface area contributed by atoms with Crippen LogP contribution in [0.15, 0.2) is 24.3 Å². The van der Waals surface area contributed by atoms with Gasteiger partial charge in [0.25, 0.3) is 5.91 Å². The van der Waals surface area contributed by atoms with Gasteiger partial charge in [-0.3, -0.25) is 14.4 Å². The van der Waals surface area contributed by atoms with Crippen molar-refractivity contribution in [2.75, 3.05) is 11.9 Å². The van der Waals surface area contributed by atoms with Crippen molar-refractivity contribution < 1.29 is 19.1 Å². The number of esters is 1. The highest BCUT2D eigenvalue weighted by Gasteiger charge is 2.34. The Labute approximate surface area is 123 Å². The molecule has 112 valence electrons. The van der Waals surface area contributed by atoms with Crippen LogP contribution in [0.3, 0.4) is 0 Å². The van der Waals surface area contributed by atoms with E-state index in [-0.39, 0.29) is 11.8 Å². The van der Waals surface area contributed by atoms with Gasteiger partial charge < -0.3 is 15.0 Å². The first kappa shape index (κ1) is 15.0. The number of carbonyl (C=O) groups is 3. The maximum absolute atomic E-state index is 12.1. The van der Waals surface area contributed by atoms with Crippen LogP contribution in [0.2, 0.25) is 0 Å². The summed E-state index contributed by atoms with van der Waals surface area (Å²) < 4.78 is 4.99. The summed E-state index contributed by atoms with van der Waals surface area (Å²) in [4.78, 5) is 35.9. The van der Waals surface area contributed by atoms with Crippen LogP contribution in [0.1, 0.15) is 25.8 Å². The quantitative estimate of drug-likeness (QED) is 0.848. The highest BCUT2D eigenvalue weighted by molar-refractivity contribution is 5.90. The molecule has 6 heteroatoms. The number of para-hydroxylation sites is 1. The molecule has 21 heavy (non-hydrogen) atoms. The first-order chi connectivity index (χ1) is 9.97. The van der Waals surface area contributed by atoms with Gasteiger partial charge in [0.05, 0.1) is 0 Å². The topological polar surface area (TPSA) is 75.7 Å². The van der Waals surface area contributed by atoms with Crippen molar-refractivity contribution in [3.05, 3.63) is 29.8 Å². The molecule has 1 N–H and O–H groups in total. The minimum absolute atomic E-state index is 0.159. The number of likely N-dealkylation sites (tertiary alicyclic amines) is 1. The van der Waals surface area contributed by atoms with Gasteiger partial charge in [0, 0.05) is 39.0 Å². The Balaban J connectivity index is 2.07. The lowest BCUT2D eigenvalue weighted by molar-refractivity contribution is -0.154. The zero-order valence-corrected chi connectivity index (χ0v) is 12.1. The highest BCUT2D eigenvalue weighted by Crippen LogP contribution is 2.22. The Hall–Kier alpha value is -2.37. The summed E-state index contributed by atoms with van der Waals surface area (Å²) in [5.41, 5.74) is 1.54. The molecule has 2 rings (SSSR count). The predicted octanol–water partition coefficient (Wildman–Crippen LogP) is 1.31. The number of amides is 2. The minimum atomic E-state index is -0.685. The lowest BCUT2D eigenvalue weighted by Gasteiger charge is -2.18. The minimum Gasteiger partial charge on any atom is -0.452 e.